The van der Waals surface area contributed by atoms with Crippen LogP contribution in [0.1, 0.15) is 59.3 Å². The highest BCUT2D eigenvalue weighted by molar-refractivity contribution is 5.67. The fraction of sp³-hybridized carbons (Fsp3) is 0.938. The summed E-state index contributed by atoms with van der Waals surface area (Å²) in [7, 11) is 0. The summed E-state index contributed by atoms with van der Waals surface area (Å²) in [4.78, 5) is 11.4. The van der Waals surface area contributed by atoms with Crippen molar-refractivity contribution in [2.45, 2.75) is 71.0 Å². The largest absolute Gasteiger partial charge is 0.444 e. The van der Waals surface area contributed by atoms with Crippen LogP contribution in [0.25, 0.3) is 0 Å². The van der Waals surface area contributed by atoms with Gasteiger partial charge >= 0.3 is 6.09 Å². The fourth-order valence-corrected chi connectivity index (χ4v) is 2.37. The zero-order chi connectivity index (χ0) is 15.6. The Morgan fingerprint density at radius 2 is 1.81 bits per heavy atom. The number of hydrogen-bond donors (Lipinski definition) is 2. The Balaban J connectivity index is 1.85. The molecule has 5 heteroatoms. The number of nitrogens with one attached hydrogen (secondary N) is 2. The third kappa shape index (κ3) is 10.5. The summed E-state index contributed by atoms with van der Waals surface area (Å²) >= 11 is 0. The molecule has 0 saturated heterocycles. The van der Waals surface area contributed by atoms with E-state index < -0.39 is 5.60 Å². The van der Waals surface area contributed by atoms with Crippen molar-refractivity contribution >= 4 is 6.09 Å². The lowest BCUT2D eigenvalue weighted by atomic mass is 9.98. The van der Waals surface area contributed by atoms with E-state index in [1.54, 1.807) is 0 Å². The molecule has 0 heterocycles. The Morgan fingerprint density at radius 1 is 1.10 bits per heavy atom. The van der Waals surface area contributed by atoms with Crippen molar-refractivity contribution < 1.29 is 14.3 Å². The van der Waals surface area contributed by atoms with E-state index in [0.29, 0.717) is 12.6 Å². The van der Waals surface area contributed by atoms with Gasteiger partial charge in [-0.3, -0.25) is 0 Å². The van der Waals surface area contributed by atoms with Crippen LogP contribution in [-0.2, 0) is 9.47 Å². The van der Waals surface area contributed by atoms with Gasteiger partial charge in [-0.2, -0.15) is 0 Å². The molecule has 2 N–H and O–H groups in total. The smallest absolute Gasteiger partial charge is 0.407 e. The van der Waals surface area contributed by atoms with Crippen LogP contribution in [0.5, 0.6) is 0 Å². The first-order chi connectivity index (χ1) is 9.97. The van der Waals surface area contributed by atoms with E-state index in [1.165, 1.54) is 32.1 Å². The predicted molar refractivity (Wildman–Crippen MR) is 84.5 cm³/mol. The number of ether oxygens (including phenoxy) is 2. The number of alkyl carbamates (subject to hydrolysis) is 1. The Bertz CT molecular complexity index is 284. The van der Waals surface area contributed by atoms with E-state index in [0.717, 1.165) is 26.1 Å². The normalized spacial score (nSPS) is 16.7. The average molecular weight is 300 g/mol. The van der Waals surface area contributed by atoms with E-state index in [-0.39, 0.29) is 6.09 Å². The van der Waals surface area contributed by atoms with Gasteiger partial charge in [0.1, 0.15) is 5.60 Å². The molecule has 1 saturated carbocycles. The van der Waals surface area contributed by atoms with Crippen LogP contribution in [0.4, 0.5) is 4.79 Å². The second kappa shape index (κ2) is 10.0. The third-order valence-electron chi connectivity index (χ3n) is 3.37. The first-order valence-corrected chi connectivity index (χ1v) is 8.26. The molecule has 0 aromatic carbocycles. The van der Waals surface area contributed by atoms with Gasteiger partial charge in [0.15, 0.2) is 0 Å². The van der Waals surface area contributed by atoms with Crippen molar-refractivity contribution in [2.75, 3.05) is 26.2 Å². The van der Waals surface area contributed by atoms with Crippen LogP contribution in [0, 0.1) is 0 Å². The van der Waals surface area contributed by atoms with Gasteiger partial charge < -0.3 is 20.1 Å². The number of rotatable bonds is 8. The van der Waals surface area contributed by atoms with Gasteiger partial charge in [-0.1, -0.05) is 19.3 Å². The number of carbonyl (C=O) groups excluding carboxylic acids is 1. The van der Waals surface area contributed by atoms with Gasteiger partial charge in [0.25, 0.3) is 0 Å². The Hall–Kier alpha value is -0.810. The summed E-state index contributed by atoms with van der Waals surface area (Å²) in [5.41, 5.74) is -0.437. The SMILES string of the molecule is CC(C)(C)OC(=O)NCCNCCCOC1CCCCC1. The minimum Gasteiger partial charge on any atom is -0.444 e. The molecular weight excluding hydrogens is 268 g/mol. The topological polar surface area (TPSA) is 59.6 Å². The van der Waals surface area contributed by atoms with E-state index in [1.807, 2.05) is 20.8 Å². The summed E-state index contributed by atoms with van der Waals surface area (Å²) < 4.78 is 11.0. The van der Waals surface area contributed by atoms with Crippen LogP contribution in [0.15, 0.2) is 0 Å². The summed E-state index contributed by atoms with van der Waals surface area (Å²) in [6.45, 7) is 8.66. The highest BCUT2D eigenvalue weighted by Gasteiger charge is 2.15. The zero-order valence-corrected chi connectivity index (χ0v) is 13.9. The van der Waals surface area contributed by atoms with Crippen LogP contribution in [0.2, 0.25) is 0 Å². The van der Waals surface area contributed by atoms with Crippen molar-refractivity contribution in [3.63, 3.8) is 0 Å². The lowest BCUT2D eigenvalue weighted by Crippen LogP contribution is -2.36. The van der Waals surface area contributed by atoms with Gasteiger partial charge in [-0.05, 0) is 46.6 Å². The summed E-state index contributed by atoms with van der Waals surface area (Å²) in [5, 5.41) is 6.02. The van der Waals surface area contributed by atoms with Gasteiger partial charge in [-0.15, -0.1) is 0 Å². The molecule has 0 radical (unpaired) electrons. The third-order valence-corrected chi connectivity index (χ3v) is 3.37. The first kappa shape index (κ1) is 18.2. The molecule has 0 aromatic heterocycles. The molecule has 124 valence electrons. The molecular formula is C16H32N2O3. The molecule has 0 bridgehead atoms. The number of hydrogen-bond acceptors (Lipinski definition) is 4. The molecule has 0 aromatic rings. The molecule has 1 fully saturated rings. The second-order valence-corrected chi connectivity index (χ2v) is 6.66. The molecule has 0 atom stereocenters. The number of amides is 1. The molecule has 1 amide bonds. The molecule has 1 aliphatic carbocycles. The molecule has 1 rings (SSSR count). The van der Waals surface area contributed by atoms with Crippen LogP contribution >= 0.6 is 0 Å². The highest BCUT2D eigenvalue weighted by atomic mass is 16.6. The van der Waals surface area contributed by atoms with Crippen molar-refractivity contribution in [2.24, 2.45) is 0 Å². The van der Waals surface area contributed by atoms with Gasteiger partial charge in [0, 0.05) is 19.7 Å². The summed E-state index contributed by atoms with van der Waals surface area (Å²) in [6.07, 6.45) is 7.62. The lowest BCUT2D eigenvalue weighted by molar-refractivity contribution is 0.0273. The van der Waals surface area contributed by atoms with E-state index >= 15 is 0 Å². The summed E-state index contributed by atoms with van der Waals surface area (Å²) in [6, 6.07) is 0. The molecule has 0 spiro atoms. The van der Waals surface area contributed by atoms with Gasteiger partial charge in [0.2, 0.25) is 0 Å². The van der Waals surface area contributed by atoms with Gasteiger partial charge in [0.05, 0.1) is 6.10 Å². The van der Waals surface area contributed by atoms with Crippen molar-refractivity contribution in [3.8, 4) is 0 Å². The standard InChI is InChI=1S/C16H32N2O3/c1-16(2,3)21-15(19)18-12-11-17-10-7-13-20-14-8-5-4-6-9-14/h14,17H,4-13H2,1-3H3,(H,18,19). The molecule has 1 aliphatic rings. The first-order valence-electron chi connectivity index (χ1n) is 8.26. The van der Waals surface area contributed by atoms with E-state index in [2.05, 4.69) is 10.6 Å². The lowest BCUT2D eigenvalue weighted by Gasteiger charge is -2.22. The highest BCUT2D eigenvalue weighted by Crippen LogP contribution is 2.20. The fourth-order valence-electron chi connectivity index (χ4n) is 2.37. The Labute approximate surface area is 129 Å². The quantitative estimate of drug-likeness (QED) is 0.677. The molecule has 21 heavy (non-hydrogen) atoms. The minimum absolute atomic E-state index is 0.357. The summed E-state index contributed by atoms with van der Waals surface area (Å²) in [5.74, 6) is 0. The number of carbonyl (C=O) groups is 1. The molecule has 5 nitrogen and oxygen atoms in total. The van der Waals surface area contributed by atoms with E-state index in [4.69, 9.17) is 9.47 Å². The van der Waals surface area contributed by atoms with Gasteiger partial charge in [-0.25, -0.2) is 4.79 Å². The maximum atomic E-state index is 11.4. The average Bonchev–Trinajstić information content (AvgIpc) is 2.41. The van der Waals surface area contributed by atoms with E-state index in [9.17, 15) is 4.79 Å². The maximum absolute atomic E-state index is 11.4. The van der Waals surface area contributed by atoms with Crippen LogP contribution < -0.4 is 10.6 Å². The van der Waals surface area contributed by atoms with Crippen molar-refractivity contribution in [1.82, 2.24) is 10.6 Å². The monoisotopic (exact) mass is 300 g/mol. The Kier molecular flexibility index (Phi) is 8.69. The van der Waals surface area contributed by atoms with Crippen LogP contribution in [-0.4, -0.2) is 44.0 Å². The maximum Gasteiger partial charge on any atom is 0.407 e. The van der Waals surface area contributed by atoms with Crippen molar-refractivity contribution in [1.29, 1.82) is 0 Å². The molecule has 0 unspecified atom stereocenters. The minimum atomic E-state index is -0.437. The van der Waals surface area contributed by atoms with Crippen molar-refractivity contribution in [3.05, 3.63) is 0 Å². The van der Waals surface area contributed by atoms with Crippen LogP contribution in [0.3, 0.4) is 0 Å². The molecule has 0 aliphatic heterocycles. The zero-order valence-electron chi connectivity index (χ0n) is 13.9. The Morgan fingerprint density at radius 3 is 2.48 bits per heavy atom. The second-order valence-electron chi connectivity index (χ2n) is 6.66. The predicted octanol–water partition coefficient (Wildman–Crippen LogP) is 2.84.